The molecule has 0 radical (unpaired) electrons. The van der Waals surface area contributed by atoms with Crippen LogP contribution in [0, 0.1) is 0 Å². The molecule has 0 aliphatic carbocycles. The zero-order valence-corrected chi connectivity index (χ0v) is 10.8. The average Bonchev–Trinajstić information content (AvgIpc) is 2.62. The van der Waals surface area contributed by atoms with Gasteiger partial charge in [0.15, 0.2) is 5.82 Å². The normalized spacial score (nSPS) is 11.5. The molecule has 0 saturated carbocycles. The summed E-state index contributed by atoms with van der Waals surface area (Å²) in [5.41, 5.74) is 0. The van der Waals surface area contributed by atoms with Crippen LogP contribution in [0.4, 0.5) is 0 Å². The second-order valence-corrected chi connectivity index (χ2v) is 5.94. The van der Waals surface area contributed by atoms with Gasteiger partial charge in [0.05, 0.1) is 12.4 Å². The van der Waals surface area contributed by atoms with Gasteiger partial charge in [0.1, 0.15) is 0 Å². The minimum absolute atomic E-state index is 0.0774. The second kappa shape index (κ2) is 5.34. The maximum Gasteiger partial charge on any atom is 0.397 e. The number of carbonyl (C=O) groups is 1. The van der Waals surface area contributed by atoms with E-state index in [2.05, 4.69) is 30.9 Å². The second-order valence-electron chi connectivity index (χ2n) is 4.14. The van der Waals surface area contributed by atoms with Crippen molar-refractivity contribution in [3.63, 3.8) is 0 Å². The molecule has 0 spiro atoms. The van der Waals surface area contributed by atoms with Crippen molar-refractivity contribution in [2.45, 2.75) is 38.2 Å². The third kappa shape index (κ3) is 4.22. The Morgan fingerprint density at radius 3 is 2.75 bits per heavy atom. The summed E-state index contributed by atoms with van der Waals surface area (Å²) in [5.74, 6) is 0.489. The summed E-state index contributed by atoms with van der Waals surface area (Å²) in [5, 5.41) is 3.71. The molecule has 0 aliphatic rings. The maximum atomic E-state index is 11.2. The predicted molar refractivity (Wildman–Crippen MR) is 61.3 cm³/mol. The van der Waals surface area contributed by atoms with Crippen LogP contribution in [0.1, 0.15) is 44.2 Å². The van der Waals surface area contributed by atoms with Crippen LogP contribution in [-0.2, 0) is 10.5 Å². The van der Waals surface area contributed by atoms with Crippen LogP contribution in [-0.4, -0.2) is 27.5 Å². The zero-order valence-electron chi connectivity index (χ0n) is 9.94. The Balaban J connectivity index is 2.55. The van der Waals surface area contributed by atoms with E-state index >= 15 is 0 Å². The lowest BCUT2D eigenvalue weighted by atomic mass is 10.3. The van der Waals surface area contributed by atoms with Crippen LogP contribution < -0.4 is 0 Å². The van der Waals surface area contributed by atoms with Gasteiger partial charge >= 0.3 is 11.9 Å². The van der Waals surface area contributed by atoms with E-state index in [4.69, 9.17) is 9.26 Å². The van der Waals surface area contributed by atoms with E-state index in [0.29, 0.717) is 18.2 Å². The average molecular weight is 244 g/mol. The van der Waals surface area contributed by atoms with Gasteiger partial charge in [0.25, 0.3) is 0 Å². The molecule has 0 N–H and O–H groups in total. The molecule has 1 heterocycles. The quantitative estimate of drug-likeness (QED) is 0.757. The summed E-state index contributed by atoms with van der Waals surface area (Å²) < 4.78 is 9.67. The van der Waals surface area contributed by atoms with Crippen molar-refractivity contribution >= 4 is 17.7 Å². The summed E-state index contributed by atoms with van der Waals surface area (Å²) in [7, 11) is 0. The molecule has 0 unspecified atom stereocenters. The molecule has 1 aromatic rings. The lowest BCUT2D eigenvalue weighted by Gasteiger charge is -2.15. The van der Waals surface area contributed by atoms with E-state index in [0.717, 1.165) is 0 Å². The van der Waals surface area contributed by atoms with Gasteiger partial charge in [0.2, 0.25) is 0 Å². The van der Waals surface area contributed by atoms with E-state index in [1.807, 2.05) is 0 Å². The van der Waals surface area contributed by atoms with Crippen LogP contribution in [0.3, 0.4) is 0 Å². The number of carbonyl (C=O) groups excluding carboxylic acids is 1. The molecular weight excluding hydrogens is 228 g/mol. The van der Waals surface area contributed by atoms with Crippen molar-refractivity contribution in [3.8, 4) is 0 Å². The van der Waals surface area contributed by atoms with Crippen molar-refractivity contribution < 1.29 is 14.1 Å². The van der Waals surface area contributed by atoms with E-state index in [1.54, 1.807) is 18.7 Å². The van der Waals surface area contributed by atoms with Gasteiger partial charge in [-0.25, -0.2) is 4.79 Å². The summed E-state index contributed by atoms with van der Waals surface area (Å²) in [6.45, 7) is 8.33. The monoisotopic (exact) mass is 244 g/mol. The first-order valence-corrected chi connectivity index (χ1v) is 6.04. The van der Waals surface area contributed by atoms with E-state index in [9.17, 15) is 4.79 Å². The van der Waals surface area contributed by atoms with Crippen LogP contribution in [0.2, 0.25) is 0 Å². The molecular formula is C10H16N2O3S. The zero-order chi connectivity index (χ0) is 12.2. The van der Waals surface area contributed by atoms with Crippen molar-refractivity contribution in [3.05, 3.63) is 11.7 Å². The van der Waals surface area contributed by atoms with E-state index < -0.39 is 5.97 Å². The van der Waals surface area contributed by atoms with Gasteiger partial charge in [-0.3, -0.25) is 0 Å². The molecule has 0 saturated heterocycles. The molecule has 0 bridgehead atoms. The van der Waals surface area contributed by atoms with Gasteiger partial charge in [-0.15, -0.1) is 11.8 Å². The molecule has 1 rings (SSSR count). The van der Waals surface area contributed by atoms with Crippen LogP contribution in [0.25, 0.3) is 0 Å². The minimum atomic E-state index is -0.568. The molecule has 5 nitrogen and oxygen atoms in total. The molecule has 1 aromatic heterocycles. The number of hydrogen-bond donors (Lipinski definition) is 0. The van der Waals surface area contributed by atoms with Crippen LogP contribution in [0.5, 0.6) is 0 Å². The predicted octanol–water partition coefficient (Wildman–Crippen LogP) is 2.28. The smallest absolute Gasteiger partial charge is 0.397 e. The summed E-state index contributed by atoms with van der Waals surface area (Å²) in [6, 6.07) is 0. The Morgan fingerprint density at radius 1 is 1.50 bits per heavy atom. The highest BCUT2D eigenvalue weighted by atomic mass is 32.2. The van der Waals surface area contributed by atoms with Crippen LogP contribution >= 0.6 is 11.8 Å². The summed E-state index contributed by atoms with van der Waals surface area (Å²) in [4.78, 5) is 15.2. The fourth-order valence-corrected chi connectivity index (χ4v) is 1.55. The number of thioether (sulfide) groups is 1. The number of ether oxygens (including phenoxy) is 1. The van der Waals surface area contributed by atoms with Crippen molar-refractivity contribution in [1.82, 2.24) is 10.1 Å². The van der Waals surface area contributed by atoms with E-state index in [1.165, 1.54) is 0 Å². The number of nitrogens with zero attached hydrogens (tertiary/aromatic N) is 2. The van der Waals surface area contributed by atoms with Gasteiger partial charge in [-0.2, -0.15) is 4.98 Å². The summed E-state index contributed by atoms with van der Waals surface area (Å²) >= 11 is 1.69. The van der Waals surface area contributed by atoms with Gasteiger partial charge < -0.3 is 9.26 Å². The third-order valence-corrected chi connectivity index (χ3v) is 2.82. The van der Waals surface area contributed by atoms with Crippen molar-refractivity contribution in [2.24, 2.45) is 0 Å². The molecule has 0 fully saturated rings. The molecule has 0 aromatic carbocycles. The Morgan fingerprint density at radius 2 is 2.19 bits per heavy atom. The first-order valence-electron chi connectivity index (χ1n) is 5.06. The van der Waals surface area contributed by atoms with E-state index in [-0.39, 0.29) is 10.6 Å². The highest BCUT2D eigenvalue weighted by molar-refractivity contribution is 7.99. The minimum Gasteiger partial charge on any atom is -0.459 e. The van der Waals surface area contributed by atoms with Gasteiger partial charge in [0, 0.05) is 4.75 Å². The number of esters is 1. The van der Waals surface area contributed by atoms with Crippen molar-refractivity contribution in [2.75, 3.05) is 6.61 Å². The Hall–Kier alpha value is -1.04. The highest BCUT2D eigenvalue weighted by Crippen LogP contribution is 2.25. The highest BCUT2D eigenvalue weighted by Gasteiger charge is 2.18. The molecule has 16 heavy (non-hydrogen) atoms. The van der Waals surface area contributed by atoms with Gasteiger partial charge in [-0.05, 0) is 6.92 Å². The number of rotatable bonds is 4. The fourth-order valence-electron chi connectivity index (χ4n) is 0.869. The van der Waals surface area contributed by atoms with Crippen LogP contribution in [0.15, 0.2) is 4.52 Å². The molecule has 0 aliphatic heterocycles. The lowest BCUT2D eigenvalue weighted by Crippen LogP contribution is -2.08. The number of hydrogen-bond acceptors (Lipinski definition) is 6. The molecule has 6 heteroatoms. The number of aromatic nitrogens is 2. The topological polar surface area (TPSA) is 65.2 Å². The Labute approximate surface area is 98.9 Å². The Bertz CT molecular complexity index is 357. The summed E-state index contributed by atoms with van der Waals surface area (Å²) in [6.07, 6.45) is 0. The molecule has 90 valence electrons. The first-order chi connectivity index (χ1) is 7.42. The third-order valence-electron chi connectivity index (χ3n) is 1.55. The SMILES string of the molecule is CCOC(=O)c1nc(CSC(C)(C)C)no1. The lowest BCUT2D eigenvalue weighted by molar-refractivity contribution is 0.0470. The maximum absolute atomic E-state index is 11.2. The first kappa shape index (κ1) is 13.0. The largest absolute Gasteiger partial charge is 0.459 e. The van der Waals surface area contributed by atoms with Crippen molar-refractivity contribution in [1.29, 1.82) is 0 Å². The standard InChI is InChI=1S/C10H16N2O3S/c1-5-14-9(13)8-11-7(12-15-8)6-16-10(2,3)4/h5-6H2,1-4H3. The molecule has 0 amide bonds. The Kier molecular flexibility index (Phi) is 4.35. The molecule has 0 atom stereocenters. The fraction of sp³-hybridized carbons (Fsp3) is 0.700. The van der Waals surface area contributed by atoms with Gasteiger partial charge in [-0.1, -0.05) is 25.9 Å².